The molecule has 0 spiro atoms. The fraction of sp³-hybridized carbons (Fsp3) is 0.600. The number of halogens is 1. The van der Waals surface area contributed by atoms with Gasteiger partial charge in [0.15, 0.2) is 5.96 Å². The third-order valence-corrected chi connectivity index (χ3v) is 4.53. The number of aliphatic imine (C=N–C) groups is 1. The molecule has 1 fully saturated rings. The predicted molar refractivity (Wildman–Crippen MR) is 121 cm³/mol. The Hall–Kier alpha value is -1.35. The molecule has 152 valence electrons. The average molecular weight is 488 g/mol. The second-order valence-corrected chi connectivity index (χ2v) is 6.67. The van der Waals surface area contributed by atoms with Gasteiger partial charge in [0.2, 0.25) is 5.91 Å². The van der Waals surface area contributed by atoms with Gasteiger partial charge in [-0.15, -0.1) is 24.0 Å². The molecular formula is C20H33IN4O2. The van der Waals surface area contributed by atoms with Crippen LogP contribution in [0.3, 0.4) is 0 Å². The van der Waals surface area contributed by atoms with E-state index < -0.39 is 5.91 Å². The molecule has 0 radical (unpaired) electrons. The molecule has 1 aliphatic carbocycles. The number of nitrogens with one attached hydrogen (secondary N) is 2. The Morgan fingerprint density at radius 3 is 2.63 bits per heavy atom. The molecule has 0 heterocycles. The smallest absolute Gasteiger partial charge is 0.248 e. The third kappa shape index (κ3) is 9.41. The number of carbonyl (C=O) groups is 1. The van der Waals surface area contributed by atoms with Gasteiger partial charge in [0.05, 0.1) is 19.3 Å². The van der Waals surface area contributed by atoms with E-state index in [1.165, 1.54) is 38.5 Å². The predicted octanol–water partition coefficient (Wildman–Crippen LogP) is 3.20. The first-order valence-corrected chi connectivity index (χ1v) is 9.71. The number of amides is 1. The molecule has 1 aliphatic rings. The molecule has 1 aromatic carbocycles. The summed E-state index contributed by atoms with van der Waals surface area (Å²) in [6.07, 6.45) is 8.03. The van der Waals surface area contributed by atoms with Crippen molar-refractivity contribution in [2.75, 3.05) is 19.7 Å². The molecule has 6 nitrogen and oxygen atoms in total. The molecule has 0 aliphatic heterocycles. The van der Waals surface area contributed by atoms with Crippen molar-refractivity contribution < 1.29 is 9.53 Å². The van der Waals surface area contributed by atoms with Gasteiger partial charge in [0, 0.05) is 18.7 Å². The van der Waals surface area contributed by atoms with Crippen LogP contribution in [0.15, 0.2) is 29.3 Å². The summed E-state index contributed by atoms with van der Waals surface area (Å²) in [5.41, 5.74) is 6.78. The van der Waals surface area contributed by atoms with E-state index in [9.17, 15) is 4.79 Å². The van der Waals surface area contributed by atoms with Crippen molar-refractivity contribution in [2.24, 2.45) is 10.7 Å². The molecular weight excluding hydrogens is 455 g/mol. The molecule has 27 heavy (non-hydrogen) atoms. The summed E-state index contributed by atoms with van der Waals surface area (Å²) < 4.78 is 6.00. The van der Waals surface area contributed by atoms with Crippen molar-refractivity contribution in [1.29, 1.82) is 0 Å². The number of nitrogens with zero attached hydrogens (tertiary/aromatic N) is 1. The minimum atomic E-state index is -0.420. The molecule has 2 rings (SSSR count). The van der Waals surface area contributed by atoms with Gasteiger partial charge in [0.1, 0.15) is 0 Å². The van der Waals surface area contributed by atoms with Crippen molar-refractivity contribution in [3.63, 3.8) is 0 Å². The van der Waals surface area contributed by atoms with Crippen LogP contribution in [-0.4, -0.2) is 37.7 Å². The molecule has 4 N–H and O–H groups in total. The maximum Gasteiger partial charge on any atom is 0.248 e. The number of hydrogen-bond acceptors (Lipinski definition) is 3. The SMILES string of the molecule is CCNC(=NCc1cccc(C(N)=O)c1)NCCOC1CCCCCC1.I. The molecule has 0 saturated heterocycles. The van der Waals surface area contributed by atoms with E-state index in [-0.39, 0.29) is 24.0 Å². The maximum atomic E-state index is 11.3. The van der Waals surface area contributed by atoms with Crippen LogP contribution in [0.5, 0.6) is 0 Å². The van der Waals surface area contributed by atoms with Gasteiger partial charge < -0.3 is 21.1 Å². The van der Waals surface area contributed by atoms with E-state index in [0.29, 0.717) is 24.8 Å². The van der Waals surface area contributed by atoms with E-state index in [2.05, 4.69) is 15.6 Å². The lowest BCUT2D eigenvalue weighted by Crippen LogP contribution is -2.39. The highest BCUT2D eigenvalue weighted by Crippen LogP contribution is 2.19. The van der Waals surface area contributed by atoms with Gasteiger partial charge in [-0.2, -0.15) is 0 Å². The first-order chi connectivity index (χ1) is 12.7. The normalized spacial score (nSPS) is 15.5. The highest BCUT2D eigenvalue weighted by Gasteiger charge is 2.12. The monoisotopic (exact) mass is 488 g/mol. The van der Waals surface area contributed by atoms with Crippen LogP contribution in [-0.2, 0) is 11.3 Å². The molecule has 0 unspecified atom stereocenters. The second kappa shape index (κ2) is 13.8. The molecule has 7 heteroatoms. The Balaban J connectivity index is 0.00000364. The summed E-state index contributed by atoms with van der Waals surface area (Å²) in [6.45, 7) is 4.72. The van der Waals surface area contributed by atoms with Crippen LogP contribution < -0.4 is 16.4 Å². The molecule has 1 amide bonds. The maximum absolute atomic E-state index is 11.3. The van der Waals surface area contributed by atoms with Gasteiger partial charge in [-0.1, -0.05) is 37.8 Å². The van der Waals surface area contributed by atoms with Crippen molar-refractivity contribution in [2.45, 2.75) is 58.1 Å². The Bertz CT molecular complexity index is 587. The number of primary amides is 1. The summed E-state index contributed by atoms with van der Waals surface area (Å²) in [4.78, 5) is 15.8. The zero-order valence-corrected chi connectivity index (χ0v) is 18.5. The third-order valence-electron chi connectivity index (χ3n) is 4.53. The lowest BCUT2D eigenvalue weighted by molar-refractivity contribution is 0.0468. The summed E-state index contributed by atoms with van der Waals surface area (Å²) >= 11 is 0. The van der Waals surface area contributed by atoms with Gasteiger partial charge >= 0.3 is 0 Å². The number of hydrogen-bond donors (Lipinski definition) is 3. The van der Waals surface area contributed by atoms with Crippen molar-refractivity contribution in [3.05, 3.63) is 35.4 Å². The number of nitrogens with two attached hydrogens (primary N) is 1. The van der Waals surface area contributed by atoms with Crippen LogP contribution in [0.25, 0.3) is 0 Å². The van der Waals surface area contributed by atoms with Gasteiger partial charge in [-0.05, 0) is 37.5 Å². The summed E-state index contributed by atoms with van der Waals surface area (Å²) in [5, 5.41) is 6.54. The van der Waals surface area contributed by atoms with Crippen molar-refractivity contribution in [3.8, 4) is 0 Å². The molecule has 0 bridgehead atoms. The molecule has 0 aromatic heterocycles. The van der Waals surface area contributed by atoms with Gasteiger partial charge in [-0.3, -0.25) is 4.79 Å². The standard InChI is InChI=1S/C20H32N4O2.HI/c1-2-22-20(23-12-13-26-18-10-5-3-4-6-11-18)24-15-16-8-7-9-17(14-16)19(21)25;/h7-9,14,18H,2-6,10-13,15H2,1H3,(H2,21,25)(H2,22,23,24);1H. The number of benzene rings is 1. The van der Waals surface area contributed by atoms with Crippen molar-refractivity contribution >= 4 is 35.8 Å². The fourth-order valence-electron chi connectivity index (χ4n) is 3.14. The first kappa shape index (κ1) is 23.7. The summed E-state index contributed by atoms with van der Waals surface area (Å²) in [6, 6.07) is 7.26. The Morgan fingerprint density at radius 1 is 1.22 bits per heavy atom. The highest BCUT2D eigenvalue weighted by atomic mass is 127. The van der Waals surface area contributed by atoms with E-state index in [4.69, 9.17) is 10.5 Å². The minimum Gasteiger partial charge on any atom is -0.376 e. The number of guanidine groups is 1. The summed E-state index contributed by atoms with van der Waals surface area (Å²) in [5.74, 6) is 0.331. The largest absolute Gasteiger partial charge is 0.376 e. The zero-order valence-electron chi connectivity index (χ0n) is 16.2. The fourth-order valence-corrected chi connectivity index (χ4v) is 3.14. The number of ether oxygens (including phenoxy) is 1. The van der Waals surface area contributed by atoms with Gasteiger partial charge in [0.25, 0.3) is 0 Å². The Labute approximate surface area is 179 Å². The molecule has 1 saturated carbocycles. The van der Waals surface area contributed by atoms with Crippen LogP contribution >= 0.6 is 24.0 Å². The average Bonchev–Trinajstić information content (AvgIpc) is 2.92. The Kier molecular flexibility index (Phi) is 12.1. The first-order valence-electron chi connectivity index (χ1n) is 9.71. The number of carbonyl (C=O) groups excluding carboxylic acids is 1. The lowest BCUT2D eigenvalue weighted by atomic mass is 10.1. The van der Waals surface area contributed by atoms with E-state index in [0.717, 1.165) is 24.6 Å². The minimum absolute atomic E-state index is 0. The van der Waals surface area contributed by atoms with E-state index in [1.54, 1.807) is 12.1 Å². The van der Waals surface area contributed by atoms with Crippen LogP contribution in [0.4, 0.5) is 0 Å². The van der Waals surface area contributed by atoms with Crippen LogP contribution in [0.2, 0.25) is 0 Å². The van der Waals surface area contributed by atoms with Crippen LogP contribution in [0.1, 0.15) is 61.4 Å². The second-order valence-electron chi connectivity index (χ2n) is 6.67. The van der Waals surface area contributed by atoms with Crippen molar-refractivity contribution in [1.82, 2.24) is 10.6 Å². The lowest BCUT2D eigenvalue weighted by Gasteiger charge is -2.16. The zero-order chi connectivity index (χ0) is 18.6. The molecule has 1 aromatic rings. The van der Waals surface area contributed by atoms with Crippen LogP contribution in [0, 0.1) is 0 Å². The highest BCUT2D eigenvalue weighted by molar-refractivity contribution is 14.0. The van der Waals surface area contributed by atoms with E-state index in [1.807, 2.05) is 19.1 Å². The molecule has 0 atom stereocenters. The summed E-state index contributed by atoms with van der Waals surface area (Å²) in [7, 11) is 0. The topological polar surface area (TPSA) is 88.7 Å². The van der Waals surface area contributed by atoms with Gasteiger partial charge in [-0.25, -0.2) is 4.99 Å². The number of rotatable bonds is 8. The quantitative estimate of drug-likeness (QED) is 0.172. The van der Waals surface area contributed by atoms with E-state index >= 15 is 0 Å². The Morgan fingerprint density at radius 2 is 1.96 bits per heavy atom.